The van der Waals surface area contributed by atoms with Gasteiger partial charge in [-0.1, -0.05) is 30.1 Å². The zero-order valence-corrected chi connectivity index (χ0v) is 24.5. The third-order valence-corrected chi connectivity index (χ3v) is 7.98. The first-order chi connectivity index (χ1) is 19.8. The number of piperidine rings is 1. The van der Waals surface area contributed by atoms with Gasteiger partial charge in [0.2, 0.25) is 5.91 Å². The van der Waals surface area contributed by atoms with Gasteiger partial charge in [0, 0.05) is 51.8 Å². The van der Waals surface area contributed by atoms with Gasteiger partial charge in [-0.3, -0.25) is 9.59 Å². The molecule has 0 aliphatic carbocycles. The molecule has 42 heavy (non-hydrogen) atoms. The zero-order valence-electron chi connectivity index (χ0n) is 23.0. The number of rotatable bonds is 7. The van der Waals surface area contributed by atoms with Crippen molar-refractivity contribution in [3.05, 3.63) is 73.5 Å². The average molecular weight is 621 g/mol. The summed E-state index contributed by atoms with van der Waals surface area (Å²) >= 11 is 12.6. The van der Waals surface area contributed by atoms with Gasteiger partial charge < -0.3 is 19.9 Å². The van der Waals surface area contributed by atoms with Gasteiger partial charge in [-0.05, 0) is 75.3 Å². The highest BCUT2D eigenvalue weighted by Gasteiger charge is 2.32. The molecule has 0 atom stereocenters. The van der Waals surface area contributed by atoms with Gasteiger partial charge in [-0.2, -0.15) is 18.4 Å². The molecule has 12 heteroatoms. The van der Waals surface area contributed by atoms with Crippen molar-refractivity contribution in [2.24, 2.45) is 5.92 Å². The number of carbonyl (C=O) groups is 1. The van der Waals surface area contributed by atoms with Crippen LogP contribution in [0, 0.1) is 17.2 Å². The third kappa shape index (κ3) is 6.75. The number of alkyl halides is 3. The number of likely N-dealkylation sites (tertiary alicyclic amines) is 1. The summed E-state index contributed by atoms with van der Waals surface area (Å²) in [5, 5.41) is 20.9. The van der Waals surface area contributed by atoms with E-state index in [0.29, 0.717) is 5.56 Å². The van der Waals surface area contributed by atoms with Crippen LogP contribution < -0.4 is 5.56 Å². The summed E-state index contributed by atoms with van der Waals surface area (Å²) in [5.41, 5.74) is -2.29. The van der Waals surface area contributed by atoms with E-state index in [4.69, 9.17) is 23.2 Å². The minimum absolute atomic E-state index is 0.000930. The summed E-state index contributed by atoms with van der Waals surface area (Å²) in [6.45, 7) is 4.82. The van der Waals surface area contributed by atoms with Crippen LogP contribution in [0.4, 0.5) is 13.2 Å². The summed E-state index contributed by atoms with van der Waals surface area (Å²) in [7, 11) is 1.64. The Morgan fingerprint density at radius 3 is 2.45 bits per heavy atom. The van der Waals surface area contributed by atoms with Gasteiger partial charge in [0.15, 0.2) is 0 Å². The fraction of sp³-hybridized carbons (Fsp3) is 0.367. The first kappa shape index (κ1) is 31.4. The maximum atomic E-state index is 13.4. The Morgan fingerprint density at radius 1 is 1.14 bits per heavy atom. The van der Waals surface area contributed by atoms with Crippen LogP contribution in [0.3, 0.4) is 0 Å². The summed E-state index contributed by atoms with van der Waals surface area (Å²) in [5.74, 6) is -0.475. The molecule has 0 bridgehead atoms. The van der Waals surface area contributed by atoms with Crippen LogP contribution in [0.5, 0.6) is 5.75 Å². The van der Waals surface area contributed by atoms with E-state index in [1.165, 1.54) is 23.1 Å². The second-order valence-electron chi connectivity index (χ2n) is 10.4. The van der Waals surface area contributed by atoms with Crippen molar-refractivity contribution in [1.82, 2.24) is 14.8 Å². The third-order valence-electron chi connectivity index (χ3n) is 7.43. The fourth-order valence-corrected chi connectivity index (χ4v) is 5.74. The number of aromatic amines is 1. The summed E-state index contributed by atoms with van der Waals surface area (Å²) in [4.78, 5) is 32.4. The van der Waals surface area contributed by atoms with E-state index < -0.39 is 22.9 Å². The minimum Gasteiger partial charge on any atom is -0.507 e. The number of amides is 1. The van der Waals surface area contributed by atoms with Gasteiger partial charge in [0.1, 0.15) is 17.4 Å². The number of phenolic OH excluding ortho intramolecular Hbond substituents is 1. The highest BCUT2D eigenvalue weighted by atomic mass is 35.5. The smallest absolute Gasteiger partial charge is 0.416 e. The van der Waals surface area contributed by atoms with Gasteiger partial charge in [-0.25, -0.2) is 0 Å². The van der Waals surface area contributed by atoms with Gasteiger partial charge in [0.05, 0.1) is 11.3 Å². The van der Waals surface area contributed by atoms with Crippen molar-refractivity contribution >= 4 is 29.1 Å². The Kier molecular flexibility index (Phi) is 9.56. The average Bonchev–Trinajstić information content (AvgIpc) is 2.94. The Morgan fingerprint density at radius 2 is 1.83 bits per heavy atom. The van der Waals surface area contributed by atoms with Crippen molar-refractivity contribution in [2.75, 3.05) is 26.7 Å². The number of hydrogen-bond donors (Lipinski definition) is 2. The lowest BCUT2D eigenvalue weighted by molar-refractivity contribution is -0.137. The molecule has 3 aromatic rings. The number of hydrogen-bond acceptors (Lipinski definition) is 5. The number of H-pyrrole nitrogens is 1. The molecule has 1 aliphatic heterocycles. The molecule has 2 heterocycles. The molecule has 1 fully saturated rings. The molecule has 1 amide bonds. The summed E-state index contributed by atoms with van der Waals surface area (Å²) < 4.78 is 40.3. The van der Waals surface area contributed by atoms with Gasteiger partial charge in [0.25, 0.3) is 5.56 Å². The first-order valence-corrected chi connectivity index (χ1v) is 14.1. The predicted molar refractivity (Wildman–Crippen MR) is 155 cm³/mol. The predicted octanol–water partition coefficient (Wildman–Crippen LogP) is 6.69. The fourth-order valence-electron chi connectivity index (χ4n) is 5.28. The highest BCUT2D eigenvalue weighted by molar-refractivity contribution is 6.33. The maximum absolute atomic E-state index is 13.4. The second-order valence-corrected chi connectivity index (χ2v) is 11.2. The first-order valence-electron chi connectivity index (χ1n) is 13.4. The molecule has 0 spiro atoms. The summed E-state index contributed by atoms with van der Waals surface area (Å²) in [6.07, 6.45) is -2.16. The van der Waals surface area contributed by atoms with E-state index in [2.05, 4.69) is 16.8 Å². The number of nitriles is 1. The Balaban J connectivity index is 1.70. The van der Waals surface area contributed by atoms with E-state index in [9.17, 15) is 33.1 Å². The molecule has 7 nitrogen and oxygen atoms in total. The number of pyridine rings is 1. The number of carbonyl (C=O) groups excluding carboxylic acids is 1. The molecule has 0 radical (unpaired) electrons. The number of nitrogens with one attached hydrogen (secondary N) is 1. The van der Waals surface area contributed by atoms with Crippen molar-refractivity contribution < 1.29 is 23.1 Å². The largest absolute Gasteiger partial charge is 0.507 e. The number of nitrogens with zero attached hydrogens (tertiary/aromatic N) is 3. The van der Waals surface area contributed by atoms with Crippen molar-refractivity contribution in [3.63, 3.8) is 0 Å². The number of benzene rings is 2. The molecule has 0 unspecified atom stereocenters. The van der Waals surface area contributed by atoms with Crippen LogP contribution >= 0.6 is 23.2 Å². The lowest BCUT2D eigenvalue weighted by Crippen LogP contribution is -2.41. The van der Waals surface area contributed by atoms with E-state index in [1.54, 1.807) is 13.1 Å². The van der Waals surface area contributed by atoms with Crippen LogP contribution in [0.2, 0.25) is 10.0 Å². The highest BCUT2D eigenvalue weighted by Crippen LogP contribution is 2.40. The number of aromatic nitrogens is 1. The Labute approximate surface area is 251 Å². The molecule has 4 rings (SSSR count). The van der Waals surface area contributed by atoms with Crippen LogP contribution in [-0.4, -0.2) is 52.5 Å². The minimum atomic E-state index is -4.69. The lowest BCUT2D eigenvalue weighted by atomic mass is 9.94. The summed E-state index contributed by atoms with van der Waals surface area (Å²) in [6, 6.07) is 8.47. The maximum Gasteiger partial charge on any atom is 0.416 e. The monoisotopic (exact) mass is 620 g/mol. The van der Waals surface area contributed by atoms with E-state index in [0.717, 1.165) is 57.1 Å². The van der Waals surface area contributed by atoms with Gasteiger partial charge in [-0.15, -0.1) is 0 Å². The molecule has 1 aromatic heterocycles. The molecule has 222 valence electrons. The van der Waals surface area contributed by atoms with E-state index in [-0.39, 0.29) is 56.5 Å². The van der Waals surface area contributed by atoms with Crippen molar-refractivity contribution in [1.29, 1.82) is 5.26 Å². The number of aromatic hydroxyl groups is 1. The SMILES string of the molecule is CCCN1CCC(C(=O)N(C)Cc2cc(Cl)cc(-c3cc(-c4cc(C(F)(F)F)ccc4Cl)c(C#N)c(=O)[nH]3)c2O)CC1. The van der Waals surface area contributed by atoms with Crippen LogP contribution in [0.1, 0.15) is 42.9 Å². The van der Waals surface area contributed by atoms with E-state index >= 15 is 0 Å². The van der Waals surface area contributed by atoms with Crippen LogP contribution in [0.25, 0.3) is 22.4 Å². The Hall–Kier alpha value is -3.52. The van der Waals surface area contributed by atoms with Crippen molar-refractivity contribution in [3.8, 4) is 34.2 Å². The standard InChI is InChI=1S/C30H29Cl2F3N4O3/c1-3-8-39-9-6-17(7-10-39)29(42)38(2)16-18-11-20(31)13-23(27(18)40)26-14-21(24(15-36)28(41)37-26)22-12-19(30(33,34)35)4-5-25(22)32/h4-5,11-14,17,40H,3,6-10,16H2,1-2H3,(H,37,41). The number of halogens is 5. The molecular weight excluding hydrogens is 592 g/mol. The molecule has 1 aliphatic rings. The quantitative estimate of drug-likeness (QED) is 0.306. The molecule has 2 aromatic carbocycles. The van der Waals surface area contributed by atoms with Gasteiger partial charge >= 0.3 is 6.18 Å². The normalized spacial score (nSPS) is 14.5. The second kappa shape index (κ2) is 12.8. The molecule has 1 saturated heterocycles. The van der Waals surface area contributed by atoms with Crippen molar-refractivity contribution in [2.45, 2.75) is 38.9 Å². The van der Waals surface area contributed by atoms with E-state index in [1.807, 2.05) is 0 Å². The van der Waals surface area contributed by atoms with Crippen LogP contribution in [-0.2, 0) is 17.5 Å². The molecule has 2 N–H and O–H groups in total. The molecule has 0 saturated carbocycles. The molecular formula is C30H29Cl2F3N4O3. The number of phenols is 1. The zero-order chi connectivity index (χ0) is 30.8. The van der Waals surface area contributed by atoms with Crippen LogP contribution in [0.15, 0.2) is 41.2 Å². The lowest BCUT2D eigenvalue weighted by Gasteiger charge is -2.33. The Bertz CT molecular complexity index is 1590. The topological polar surface area (TPSA) is 100 Å².